The van der Waals surface area contributed by atoms with Gasteiger partial charge in [-0.15, -0.1) is 0 Å². The zero-order chi connectivity index (χ0) is 24.8. The molecule has 0 saturated heterocycles. The van der Waals surface area contributed by atoms with E-state index in [2.05, 4.69) is 42.4 Å². The van der Waals surface area contributed by atoms with Crippen LogP contribution in [0.25, 0.3) is 0 Å². The Morgan fingerprint density at radius 3 is 2.12 bits per heavy atom. The molecule has 0 aliphatic rings. The zero-order valence-corrected chi connectivity index (χ0v) is 22.2. The standard InChI is InChI=1S/C22H46N4O5S/c1-20(2,14-30-15-21(3,4)13-23-6)11-18(27)25-17-26(7)31-16-22(5,32)12-19(28)24-9-10-29-8/h23,32H,9-17H2,1-8H3,(H,24,28)(H,25,27). The van der Waals surface area contributed by atoms with E-state index in [0.29, 0.717) is 32.8 Å². The van der Waals surface area contributed by atoms with Crippen LogP contribution >= 0.6 is 12.6 Å². The number of carbonyl (C=O) groups excluding carboxylic acids is 2. The molecule has 190 valence electrons. The number of hydroxylamine groups is 2. The lowest BCUT2D eigenvalue weighted by molar-refractivity contribution is -0.156. The smallest absolute Gasteiger partial charge is 0.221 e. The van der Waals surface area contributed by atoms with Crippen molar-refractivity contribution in [1.82, 2.24) is 21.0 Å². The molecular formula is C22H46N4O5S. The van der Waals surface area contributed by atoms with E-state index in [-0.39, 0.29) is 42.3 Å². The van der Waals surface area contributed by atoms with E-state index in [1.54, 1.807) is 14.2 Å². The van der Waals surface area contributed by atoms with Crippen molar-refractivity contribution in [1.29, 1.82) is 0 Å². The third kappa shape index (κ3) is 16.7. The minimum Gasteiger partial charge on any atom is -0.383 e. The number of hydrogen-bond donors (Lipinski definition) is 4. The molecule has 10 heteroatoms. The summed E-state index contributed by atoms with van der Waals surface area (Å²) in [7, 11) is 5.23. The SMILES string of the molecule is CNCC(C)(C)COCC(C)(C)CC(=O)NCN(C)OCC(C)(S)CC(=O)NCCOC. The van der Waals surface area contributed by atoms with E-state index in [4.69, 9.17) is 14.3 Å². The highest BCUT2D eigenvalue weighted by atomic mass is 32.1. The average molecular weight is 479 g/mol. The number of hydrogen-bond acceptors (Lipinski definition) is 8. The Kier molecular flexibility index (Phi) is 14.7. The van der Waals surface area contributed by atoms with Gasteiger partial charge < -0.3 is 25.4 Å². The highest BCUT2D eigenvalue weighted by Crippen LogP contribution is 2.23. The fourth-order valence-corrected chi connectivity index (χ4v) is 3.13. The highest BCUT2D eigenvalue weighted by molar-refractivity contribution is 7.81. The monoisotopic (exact) mass is 478 g/mol. The maximum absolute atomic E-state index is 12.4. The van der Waals surface area contributed by atoms with Crippen LogP contribution < -0.4 is 16.0 Å². The molecule has 0 saturated carbocycles. The van der Waals surface area contributed by atoms with Gasteiger partial charge in [-0.3, -0.25) is 14.4 Å². The second kappa shape index (κ2) is 15.1. The molecule has 32 heavy (non-hydrogen) atoms. The number of nitrogens with one attached hydrogen (secondary N) is 3. The van der Waals surface area contributed by atoms with Crippen LogP contribution in [0, 0.1) is 10.8 Å². The fourth-order valence-electron chi connectivity index (χ4n) is 2.93. The van der Waals surface area contributed by atoms with Gasteiger partial charge in [-0.2, -0.15) is 17.7 Å². The molecule has 0 fully saturated rings. The van der Waals surface area contributed by atoms with E-state index in [1.807, 2.05) is 27.8 Å². The van der Waals surface area contributed by atoms with Crippen molar-refractivity contribution in [3.05, 3.63) is 0 Å². The molecule has 1 unspecified atom stereocenters. The molecule has 0 aliphatic heterocycles. The maximum atomic E-state index is 12.4. The molecule has 3 N–H and O–H groups in total. The normalized spacial score (nSPS) is 14.3. The van der Waals surface area contributed by atoms with Crippen LogP contribution in [0.3, 0.4) is 0 Å². The summed E-state index contributed by atoms with van der Waals surface area (Å²) in [4.78, 5) is 29.9. The number of carbonyl (C=O) groups is 2. The molecule has 0 aromatic rings. The van der Waals surface area contributed by atoms with Crippen LogP contribution in [0.15, 0.2) is 0 Å². The van der Waals surface area contributed by atoms with Gasteiger partial charge in [0, 0.05) is 50.3 Å². The lowest BCUT2D eigenvalue weighted by atomic mass is 9.89. The van der Waals surface area contributed by atoms with E-state index < -0.39 is 4.75 Å². The van der Waals surface area contributed by atoms with Crippen LogP contribution in [0.5, 0.6) is 0 Å². The van der Waals surface area contributed by atoms with Gasteiger partial charge in [-0.05, 0) is 19.4 Å². The minimum absolute atomic E-state index is 0.0409. The van der Waals surface area contributed by atoms with Crippen molar-refractivity contribution in [3.8, 4) is 0 Å². The van der Waals surface area contributed by atoms with Crippen molar-refractivity contribution in [2.45, 2.75) is 52.2 Å². The summed E-state index contributed by atoms with van der Waals surface area (Å²) in [5, 5.41) is 10.3. The first-order valence-electron chi connectivity index (χ1n) is 11.0. The Morgan fingerprint density at radius 1 is 0.938 bits per heavy atom. The van der Waals surface area contributed by atoms with Crippen molar-refractivity contribution in [2.24, 2.45) is 10.8 Å². The first-order valence-corrected chi connectivity index (χ1v) is 11.5. The predicted octanol–water partition coefficient (Wildman–Crippen LogP) is 1.44. The summed E-state index contributed by atoms with van der Waals surface area (Å²) in [6, 6.07) is 0. The van der Waals surface area contributed by atoms with Crippen molar-refractivity contribution >= 4 is 24.4 Å². The number of nitrogens with zero attached hydrogens (tertiary/aromatic N) is 1. The Morgan fingerprint density at radius 2 is 1.53 bits per heavy atom. The summed E-state index contributed by atoms with van der Waals surface area (Å²) < 4.78 is 10.1. The predicted molar refractivity (Wildman–Crippen MR) is 131 cm³/mol. The first kappa shape index (κ1) is 31.1. The Balaban J connectivity index is 4.21. The second-order valence-electron chi connectivity index (χ2n) is 10.2. The summed E-state index contributed by atoms with van der Waals surface area (Å²) in [5.41, 5.74) is -0.238. The molecule has 9 nitrogen and oxygen atoms in total. The summed E-state index contributed by atoms with van der Waals surface area (Å²) in [5.74, 6) is -0.187. The van der Waals surface area contributed by atoms with Crippen molar-refractivity contribution in [2.75, 3.05) is 67.4 Å². The Bertz CT molecular complexity index is 558. The molecule has 0 aliphatic carbocycles. The lowest BCUT2D eigenvalue weighted by Gasteiger charge is -2.29. The van der Waals surface area contributed by atoms with Crippen LogP contribution in [-0.2, 0) is 23.9 Å². The van der Waals surface area contributed by atoms with E-state index >= 15 is 0 Å². The molecule has 0 heterocycles. The average Bonchev–Trinajstić information content (AvgIpc) is 2.63. The van der Waals surface area contributed by atoms with Crippen LogP contribution in [0.1, 0.15) is 47.5 Å². The third-order valence-electron chi connectivity index (χ3n) is 4.54. The maximum Gasteiger partial charge on any atom is 0.221 e. The van der Waals surface area contributed by atoms with Crippen molar-refractivity contribution in [3.63, 3.8) is 0 Å². The molecular weight excluding hydrogens is 432 g/mol. The van der Waals surface area contributed by atoms with Gasteiger partial charge in [0.15, 0.2) is 0 Å². The molecule has 0 aromatic heterocycles. The van der Waals surface area contributed by atoms with Gasteiger partial charge >= 0.3 is 0 Å². The molecule has 1 atom stereocenters. The first-order chi connectivity index (χ1) is 14.7. The number of thiol groups is 1. The van der Waals surface area contributed by atoms with Gasteiger partial charge in [-0.1, -0.05) is 27.7 Å². The van der Waals surface area contributed by atoms with E-state index in [9.17, 15) is 9.59 Å². The molecule has 0 rings (SSSR count). The molecule has 2 amide bonds. The quantitative estimate of drug-likeness (QED) is 0.102. The van der Waals surface area contributed by atoms with Gasteiger partial charge in [0.05, 0.1) is 33.1 Å². The minimum atomic E-state index is -0.643. The molecule has 0 radical (unpaired) electrons. The summed E-state index contributed by atoms with van der Waals surface area (Å²) >= 11 is 4.53. The van der Waals surface area contributed by atoms with Crippen LogP contribution in [0.2, 0.25) is 0 Å². The van der Waals surface area contributed by atoms with Crippen molar-refractivity contribution < 1.29 is 23.9 Å². The van der Waals surface area contributed by atoms with Gasteiger partial charge in [0.2, 0.25) is 11.8 Å². The van der Waals surface area contributed by atoms with Gasteiger partial charge in [-0.25, -0.2) is 0 Å². The lowest BCUT2D eigenvalue weighted by Crippen LogP contribution is -2.41. The highest BCUT2D eigenvalue weighted by Gasteiger charge is 2.26. The second-order valence-corrected chi connectivity index (χ2v) is 11.3. The molecule has 0 bridgehead atoms. The number of methoxy groups -OCH3 is 1. The Labute approximate surface area is 200 Å². The van der Waals surface area contributed by atoms with E-state index in [1.165, 1.54) is 5.06 Å². The molecule has 0 spiro atoms. The van der Waals surface area contributed by atoms with Gasteiger partial charge in [0.1, 0.15) is 0 Å². The number of ether oxygens (including phenoxy) is 2. The molecule has 0 aromatic carbocycles. The largest absolute Gasteiger partial charge is 0.383 e. The summed E-state index contributed by atoms with van der Waals surface area (Å²) in [6.07, 6.45) is 0.554. The fraction of sp³-hybridized carbons (Fsp3) is 0.909. The van der Waals surface area contributed by atoms with Gasteiger partial charge in [0.25, 0.3) is 0 Å². The number of rotatable bonds is 18. The van der Waals surface area contributed by atoms with E-state index in [0.717, 1.165) is 6.54 Å². The Hall–Kier alpha value is -0.910. The third-order valence-corrected chi connectivity index (χ3v) is 4.83. The van der Waals surface area contributed by atoms with Crippen LogP contribution in [-0.4, -0.2) is 89.0 Å². The topological polar surface area (TPSA) is 101 Å². The zero-order valence-electron chi connectivity index (χ0n) is 21.3. The number of amides is 2. The van der Waals surface area contributed by atoms with Crippen LogP contribution in [0.4, 0.5) is 0 Å². The summed E-state index contributed by atoms with van der Waals surface area (Å²) in [6.45, 7) is 13.5.